The smallest absolute Gasteiger partial charge is 0.310 e. The van der Waals surface area contributed by atoms with Gasteiger partial charge >= 0.3 is 5.97 Å². The summed E-state index contributed by atoms with van der Waals surface area (Å²) in [5.74, 6) is -0.266. The van der Waals surface area contributed by atoms with Gasteiger partial charge < -0.3 is 9.15 Å². The second-order valence-electron chi connectivity index (χ2n) is 8.00. The zero-order chi connectivity index (χ0) is 16.9. The molecule has 0 aromatic carbocycles. The summed E-state index contributed by atoms with van der Waals surface area (Å²) in [6.07, 6.45) is 9.70. The largest absolute Gasteiger partial charge is 0.472 e. The average Bonchev–Trinajstić information content (AvgIpc) is 3.08. The monoisotopic (exact) mass is 328 g/mol. The highest BCUT2D eigenvalue weighted by Gasteiger charge is 2.63. The summed E-state index contributed by atoms with van der Waals surface area (Å²) in [7, 11) is 0. The number of carbonyl (C=O) groups excluding carboxylic acids is 2. The summed E-state index contributed by atoms with van der Waals surface area (Å²) in [5, 5.41) is 0. The van der Waals surface area contributed by atoms with Crippen molar-refractivity contribution in [2.24, 2.45) is 22.7 Å². The lowest BCUT2D eigenvalue weighted by Crippen LogP contribution is -2.58. The Balaban J connectivity index is 1.80. The molecule has 2 saturated carbocycles. The van der Waals surface area contributed by atoms with Crippen molar-refractivity contribution in [1.29, 1.82) is 0 Å². The molecule has 4 nitrogen and oxygen atoms in total. The van der Waals surface area contributed by atoms with E-state index in [0.717, 1.165) is 31.2 Å². The number of allylic oxidation sites excluding steroid dienone is 1. The summed E-state index contributed by atoms with van der Waals surface area (Å²) >= 11 is 0. The third-order valence-electron chi connectivity index (χ3n) is 6.76. The zero-order valence-electron chi connectivity index (χ0n) is 14.1. The van der Waals surface area contributed by atoms with E-state index in [1.54, 1.807) is 12.5 Å². The van der Waals surface area contributed by atoms with Crippen molar-refractivity contribution < 1.29 is 18.7 Å². The van der Waals surface area contributed by atoms with E-state index < -0.39 is 5.41 Å². The minimum absolute atomic E-state index is 0.0292. The highest BCUT2D eigenvalue weighted by atomic mass is 16.5. The van der Waals surface area contributed by atoms with Gasteiger partial charge in [0.1, 0.15) is 11.9 Å². The molecule has 1 aromatic rings. The first-order chi connectivity index (χ1) is 11.5. The van der Waals surface area contributed by atoms with Crippen molar-refractivity contribution in [3.05, 3.63) is 36.8 Å². The van der Waals surface area contributed by atoms with Crippen molar-refractivity contribution in [3.8, 4) is 0 Å². The molecule has 3 fully saturated rings. The topological polar surface area (TPSA) is 56.5 Å². The molecule has 1 saturated heterocycles. The summed E-state index contributed by atoms with van der Waals surface area (Å²) in [6, 6.07) is 1.83. The Morgan fingerprint density at radius 3 is 2.88 bits per heavy atom. The number of ether oxygens (including phenoxy) is 1. The quantitative estimate of drug-likeness (QED) is 0.602. The van der Waals surface area contributed by atoms with Gasteiger partial charge in [0.15, 0.2) is 0 Å². The third-order valence-corrected chi connectivity index (χ3v) is 6.76. The molecule has 2 heterocycles. The minimum Gasteiger partial charge on any atom is -0.472 e. The number of ketones is 1. The van der Waals surface area contributed by atoms with Crippen molar-refractivity contribution in [3.63, 3.8) is 0 Å². The van der Waals surface area contributed by atoms with Crippen LogP contribution < -0.4 is 0 Å². The minimum atomic E-state index is -0.498. The lowest BCUT2D eigenvalue weighted by atomic mass is 9.45. The molecular formula is C20H24O4. The average molecular weight is 328 g/mol. The van der Waals surface area contributed by atoms with Crippen LogP contribution >= 0.6 is 0 Å². The Labute approximate surface area is 142 Å². The van der Waals surface area contributed by atoms with Crippen LogP contribution in [-0.4, -0.2) is 11.8 Å². The van der Waals surface area contributed by atoms with Crippen molar-refractivity contribution >= 4 is 11.8 Å². The fourth-order valence-electron chi connectivity index (χ4n) is 5.68. The van der Waals surface area contributed by atoms with Crippen LogP contribution in [0.4, 0.5) is 0 Å². The van der Waals surface area contributed by atoms with Gasteiger partial charge in [-0.2, -0.15) is 0 Å². The SMILES string of the molecule is C=C[C@]12C[C@@H](c3ccoc3)OC(=O)[C@@H]1CC[C@@]1(C)CCCC(=O)[C@@H]12. The highest BCUT2D eigenvalue weighted by Crippen LogP contribution is 2.64. The van der Waals surface area contributed by atoms with Gasteiger partial charge in [0.2, 0.25) is 0 Å². The molecule has 24 heavy (non-hydrogen) atoms. The Morgan fingerprint density at radius 1 is 1.33 bits per heavy atom. The molecule has 0 bridgehead atoms. The van der Waals surface area contributed by atoms with Gasteiger partial charge in [-0.1, -0.05) is 13.0 Å². The number of Topliss-reactive ketones (excluding diaryl/α,β-unsaturated/α-hetero) is 1. The normalized spacial score (nSPS) is 42.0. The van der Waals surface area contributed by atoms with Crippen LogP contribution in [0.2, 0.25) is 0 Å². The first kappa shape index (κ1) is 15.7. The predicted molar refractivity (Wildman–Crippen MR) is 88.0 cm³/mol. The number of furan rings is 1. The van der Waals surface area contributed by atoms with Crippen LogP contribution in [0.15, 0.2) is 35.7 Å². The van der Waals surface area contributed by atoms with Gasteiger partial charge in [-0.05, 0) is 43.6 Å². The maximum atomic E-state index is 12.9. The van der Waals surface area contributed by atoms with Crippen LogP contribution in [0, 0.1) is 22.7 Å². The molecule has 0 spiro atoms. The lowest BCUT2D eigenvalue weighted by molar-refractivity contribution is -0.189. The third kappa shape index (κ3) is 2.04. The van der Waals surface area contributed by atoms with Gasteiger partial charge in [0.05, 0.1) is 18.4 Å². The molecule has 4 heteroatoms. The number of esters is 1. The van der Waals surface area contributed by atoms with E-state index in [2.05, 4.69) is 13.5 Å². The van der Waals surface area contributed by atoms with Crippen molar-refractivity contribution in [2.45, 2.75) is 51.6 Å². The van der Waals surface area contributed by atoms with E-state index >= 15 is 0 Å². The summed E-state index contributed by atoms with van der Waals surface area (Å²) in [4.78, 5) is 25.7. The summed E-state index contributed by atoms with van der Waals surface area (Å²) in [5.41, 5.74) is 0.332. The number of carbonyl (C=O) groups is 2. The van der Waals surface area contributed by atoms with E-state index in [0.29, 0.717) is 18.6 Å². The lowest BCUT2D eigenvalue weighted by Gasteiger charge is -2.59. The van der Waals surface area contributed by atoms with E-state index in [9.17, 15) is 9.59 Å². The molecule has 2 aliphatic carbocycles. The van der Waals surface area contributed by atoms with E-state index in [4.69, 9.17) is 9.15 Å². The maximum absolute atomic E-state index is 12.9. The Hall–Kier alpha value is -1.84. The molecule has 0 amide bonds. The Bertz CT molecular complexity index is 676. The second kappa shape index (κ2) is 5.33. The Kier molecular flexibility index (Phi) is 3.48. The zero-order valence-corrected chi connectivity index (χ0v) is 14.1. The Morgan fingerprint density at radius 2 is 2.17 bits per heavy atom. The number of cyclic esters (lactones) is 1. The first-order valence-electron chi connectivity index (χ1n) is 8.89. The molecular weight excluding hydrogens is 304 g/mol. The molecule has 3 aliphatic rings. The molecule has 5 atom stereocenters. The van der Waals surface area contributed by atoms with Crippen LogP contribution in [0.25, 0.3) is 0 Å². The van der Waals surface area contributed by atoms with Crippen molar-refractivity contribution in [2.75, 3.05) is 0 Å². The van der Waals surface area contributed by atoms with Crippen LogP contribution in [0.3, 0.4) is 0 Å². The van der Waals surface area contributed by atoms with Gasteiger partial charge in [0.25, 0.3) is 0 Å². The van der Waals surface area contributed by atoms with Gasteiger partial charge in [-0.3, -0.25) is 9.59 Å². The molecule has 4 rings (SSSR count). The standard InChI is InChI=1S/C20H24O4/c1-3-20-11-16(13-7-10-23-12-13)24-18(22)14(20)6-9-19(2)8-4-5-15(21)17(19)20/h3,7,10,12,14,16-17H,1,4-6,8-9,11H2,2H3/t14-,16-,17-,19+,20-/m0/s1. The van der Waals surface area contributed by atoms with Crippen molar-refractivity contribution in [1.82, 2.24) is 0 Å². The maximum Gasteiger partial charge on any atom is 0.310 e. The molecule has 1 aromatic heterocycles. The van der Waals surface area contributed by atoms with E-state index in [-0.39, 0.29) is 29.3 Å². The fraction of sp³-hybridized carbons (Fsp3) is 0.600. The molecule has 128 valence electrons. The predicted octanol–water partition coefficient (Wildman–Crippen LogP) is 4.23. The fourth-order valence-corrected chi connectivity index (χ4v) is 5.68. The van der Waals surface area contributed by atoms with Gasteiger partial charge in [-0.15, -0.1) is 6.58 Å². The summed E-state index contributed by atoms with van der Waals surface area (Å²) in [6.45, 7) is 6.31. The number of hydrogen-bond donors (Lipinski definition) is 0. The van der Waals surface area contributed by atoms with Gasteiger partial charge in [0, 0.05) is 23.3 Å². The van der Waals surface area contributed by atoms with E-state index in [1.807, 2.05) is 12.1 Å². The molecule has 0 unspecified atom stereocenters. The van der Waals surface area contributed by atoms with Crippen LogP contribution in [-0.2, 0) is 14.3 Å². The highest BCUT2D eigenvalue weighted by molar-refractivity contribution is 5.86. The second-order valence-corrected chi connectivity index (χ2v) is 8.00. The molecule has 1 aliphatic heterocycles. The van der Waals surface area contributed by atoms with Gasteiger partial charge in [-0.25, -0.2) is 0 Å². The first-order valence-corrected chi connectivity index (χ1v) is 8.89. The van der Waals surface area contributed by atoms with Crippen LogP contribution in [0.1, 0.15) is 57.1 Å². The van der Waals surface area contributed by atoms with Crippen LogP contribution in [0.5, 0.6) is 0 Å². The summed E-state index contributed by atoms with van der Waals surface area (Å²) < 4.78 is 10.9. The number of rotatable bonds is 2. The number of fused-ring (bicyclic) bond motifs is 3. The van der Waals surface area contributed by atoms with E-state index in [1.165, 1.54) is 0 Å². The molecule has 0 N–H and O–H groups in total. The molecule has 0 radical (unpaired) electrons. The number of hydrogen-bond acceptors (Lipinski definition) is 4.